The summed E-state index contributed by atoms with van der Waals surface area (Å²) in [5, 5.41) is 14.5. The number of aromatic nitrogens is 1. The molecular formula is C18H23ClN8OS. The second-order valence-corrected chi connectivity index (χ2v) is 6.48. The minimum Gasteiger partial charge on any atom is -0.430 e. The van der Waals surface area contributed by atoms with E-state index in [-0.39, 0.29) is 24.4 Å². The van der Waals surface area contributed by atoms with Gasteiger partial charge in [0.2, 0.25) is 5.96 Å². The normalized spacial score (nSPS) is 10.8. The molecule has 6 N–H and O–H groups in total. The van der Waals surface area contributed by atoms with Crippen molar-refractivity contribution in [2.75, 3.05) is 18.8 Å². The van der Waals surface area contributed by atoms with Crippen molar-refractivity contribution in [1.82, 2.24) is 15.6 Å². The van der Waals surface area contributed by atoms with Crippen molar-refractivity contribution in [1.29, 1.82) is 5.26 Å². The van der Waals surface area contributed by atoms with Crippen molar-refractivity contribution in [3.8, 4) is 6.19 Å². The highest BCUT2D eigenvalue weighted by atomic mass is 35.5. The second-order valence-electron chi connectivity index (χ2n) is 5.38. The van der Waals surface area contributed by atoms with E-state index < -0.39 is 0 Å². The third-order valence-corrected chi connectivity index (χ3v) is 4.18. The van der Waals surface area contributed by atoms with Crippen LogP contribution < -0.4 is 22.1 Å². The largest absolute Gasteiger partial charge is 0.430 e. The molecule has 0 saturated heterocycles. The average molecular weight is 435 g/mol. The minimum absolute atomic E-state index is 0. The van der Waals surface area contributed by atoms with Gasteiger partial charge in [-0.2, -0.15) is 27.0 Å². The molecule has 0 saturated carbocycles. The Hall–Kier alpha value is -3.16. The number of oxazole rings is 1. The van der Waals surface area contributed by atoms with Gasteiger partial charge in [0.05, 0.1) is 12.2 Å². The topological polar surface area (TPSA) is 151 Å². The number of nitrogens with one attached hydrogen (secondary N) is 2. The molecule has 0 aliphatic carbocycles. The van der Waals surface area contributed by atoms with E-state index in [0.29, 0.717) is 24.8 Å². The van der Waals surface area contributed by atoms with Crippen LogP contribution in [0.25, 0.3) is 6.08 Å². The van der Waals surface area contributed by atoms with Gasteiger partial charge in [-0.25, -0.2) is 4.99 Å². The van der Waals surface area contributed by atoms with Crippen LogP contribution in [0.4, 0.5) is 6.01 Å². The molecule has 0 radical (unpaired) electrons. The number of hydrogen-bond donors (Lipinski definition) is 4. The number of rotatable bonds is 9. The van der Waals surface area contributed by atoms with Crippen LogP contribution in [0.5, 0.6) is 0 Å². The molecule has 2 aromatic rings. The lowest BCUT2D eigenvalue weighted by Gasteiger charge is -2.06. The fourth-order valence-electron chi connectivity index (χ4n) is 2.03. The number of halogens is 1. The molecule has 2 rings (SSSR count). The van der Waals surface area contributed by atoms with Crippen molar-refractivity contribution >= 4 is 48.2 Å². The van der Waals surface area contributed by atoms with Gasteiger partial charge in [-0.1, -0.05) is 42.5 Å². The van der Waals surface area contributed by atoms with Crippen LogP contribution in [0.15, 0.2) is 57.1 Å². The Morgan fingerprint density at radius 3 is 2.83 bits per heavy atom. The van der Waals surface area contributed by atoms with Gasteiger partial charge >= 0.3 is 6.01 Å². The number of aliphatic imine (C=N–C) groups is 2. The first-order valence-electron chi connectivity index (χ1n) is 8.44. The van der Waals surface area contributed by atoms with Gasteiger partial charge in [0.25, 0.3) is 0 Å². The number of nitrogens with zero attached hydrogens (tertiary/aromatic N) is 4. The number of benzene rings is 1. The summed E-state index contributed by atoms with van der Waals surface area (Å²) in [4.78, 5) is 12.2. The maximum atomic E-state index is 8.84. The minimum atomic E-state index is -0.0966. The van der Waals surface area contributed by atoms with E-state index in [2.05, 4.69) is 25.6 Å². The first-order chi connectivity index (χ1) is 13.7. The number of thioether (sulfide) groups is 1. The van der Waals surface area contributed by atoms with Crippen LogP contribution in [0.2, 0.25) is 0 Å². The Labute approximate surface area is 179 Å². The quantitative estimate of drug-likeness (QED) is 0.154. The van der Waals surface area contributed by atoms with E-state index in [1.807, 2.05) is 48.7 Å². The Bertz CT molecular complexity index is 856. The predicted molar refractivity (Wildman–Crippen MR) is 120 cm³/mol. The van der Waals surface area contributed by atoms with E-state index in [9.17, 15) is 0 Å². The van der Waals surface area contributed by atoms with Gasteiger partial charge in [0, 0.05) is 18.1 Å². The molecule has 29 heavy (non-hydrogen) atoms. The third-order valence-electron chi connectivity index (χ3n) is 3.19. The zero-order chi connectivity index (χ0) is 20.0. The molecule has 11 heteroatoms. The molecule has 0 aliphatic rings. The lowest BCUT2D eigenvalue weighted by molar-refractivity contribution is 0.568. The average Bonchev–Trinajstić information content (AvgIpc) is 3.12. The summed E-state index contributed by atoms with van der Waals surface area (Å²) < 4.78 is 5.13. The van der Waals surface area contributed by atoms with Crippen molar-refractivity contribution in [3.05, 3.63) is 53.9 Å². The molecule has 1 aromatic carbocycles. The highest BCUT2D eigenvalue weighted by molar-refractivity contribution is 7.98. The first kappa shape index (κ1) is 23.9. The zero-order valence-electron chi connectivity index (χ0n) is 15.6. The number of hydrogen-bond acceptors (Lipinski definition) is 6. The Kier molecular flexibility index (Phi) is 11.5. The molecule has 0 atom stereocenters. The van der Waals surface area contributed by atoms with Gasteiger partial charge < -0.3 is 21.2 Å². The van der Waals surface area contributed by atoms with Gasteiger partial charge in [-0.05, 0) is 5.56 Å². The molecule has 0 amide bonds. The van der Waals surface area contributed by atoms with Gasteiger partial charge in [-0.3, -0.25) is 5.32 Å². The second kappa shape index (κ2) is 13.9. The van der Waals surface area contributed by atoms with Gasteiger partial charge in [0.15, 0.2) is 12.2 Å². The van der Waals surface area contributed by atoms with Crippen LogP contribution in [-0.2, 0) is 5.75 Å². The molecule has 154 valence electrons. The maximum absolute atomic E-state index is 8.84. The molecule has 1 aromatic heterocycles. The molecular weight excluding hydrogens is 412 g/mol. The summed E-state index contributed by atoms with van der Waals surface area (Å²) in [5.74, 6) is 1.79. The molecule has 9 nitrogen and oxygen atoms in total. The van der Waals surface area contributed by atoms with Crippen LogP contribution >= 0.6 is 24.2 Å². The fraction of sp³-hybridized carbons (Fsp3) is 0.222. The monoisotopic (exact) mass is 434 g/mol. The van der Waals surface area contributed by atoms with E-state index in [4.69, 9.17) is 21.1 Å². The molecule has 0 spiro atoms. The summed E-state index contributed by atoms with van der Waals surface area (Å²) in [6.07, 6.45) is 7.32. The SMILES string of the molecule is Cl.N#CNC(=NC/C=C/c1ccccc1)NCCSCc1coc(N=C(N)N)n1. The summed E-state index contributed by atoms with van der Waals surface area (Å²) in [6, 6.07) is 10.1. The fourth-order valence-corrected chi connectivity index (χ4v) is 2.76. The molecule has 1 heterocycles. The third kappa shape index (κ3) is 10.1. The highest BCUT2D eigenvalue weighted by Crippen LogP contribution is 2.15. The van der Waals surface area contributed by atoms with Crippen molar-refractivity contribution < 1.29 is 4.42 Å². The molecule has 0 fully saturated rings. The highest BCUT2D eigenvalue weighted by Gasteiger charge is 2.03. The number of nitrogens with two attached hydrogens (primary N) is 2. The van der Waals surface area contributed by atoms with Crippen LogP contribution in [0.3, 0.4) is 0 Å². The van der Waals surface area contributed by atoms with E-state index in [0.717, 1.165) is 17.0 Å². The van der Waals surface area contributed by atoms with E-state index in [1.165, 1.54) is 6.26 Å². The summed E-state index contributed by atoms with van der Waals surface area (Å²) in [6.45, 7) is 1.10. The van der Waals surface area contributed by atoms with E-state index in [1.54, 1.807) is 11.8 Å². The van der Waals surface area contributed by atoms with Crippen molar-refractivity contribution in [2.45, 2.75) is 5.75 Å². The predicted octanol–water partition coefficient (Wildman–Crippen LogP) is 1.96. The Morgan fingerprint density at radius 1 is 1.31 bits per heavy atom. The number of nitriles is 1. The van der Waals surface area contributed by atoms with Crippen LogP contribution in [0, 0.1) is 11.5 Å². The summed E-state index contributed by atoms with van der Waals surface area (Å²) >= 11 is 1.65. The van der Waals surface area contributed by atoms with Gasteiger partial charge in [-0.15, -0.1) is 12.4 Å². The molecule has 0 aliphatic heterocycles. The van der Waals surface area contributed by atoms with E-state index >= 15 is 0 Å². The molecule has 0 bridgehead atoms. The van der Waals surface area contributed by atoms with Crippen molar-refractivity contribution in [2.24, 2.45) is 21.5 Å². The van der Waals surface area contributed by atoms with Crippen LogP contribution in [-0.4, -0.2) is 35.7 Å². The zero-order valence-corrected chi connectivity index (χ0v) is 17.2. The Balaban J connectivity index is 0.00000420. The Morgan fingerprint density at radius 2 is 2.10 bits per heavy atom. The van der Waals surface area contributed by atoms with Crippen molar-refractivity contribution in [3.63, 3.8) is 0 Å². The van der Waals surface area contributed by atoms with Crippen LogP contribution in [0.1, 0.15) is 11.3 Å². The maximum Gasteiger partial charge on any atom is 0.325 e. The first-order valence-corrected chi connectivity index (χ1v) is 9.59. The summed E-state index contributed by atoms with van der Waals surface area (Å²) in [5.41, 5.74) is 12.4. The smallest absolute Gasteiger partial charge is 0.325 e. The molecule has 0 unspecified atom stereocenters. The standard InChI is InChI=1S/C18H22N8OS.ClH/c19-13-24-17(22-8-4-7-14-5-2-1-3-6-14)23-9-10-28-12-15-11-27-18(25-15)26-16(20)21;/h1-7,11H,8-10,12H2,(H2,22,23,24)(H4,20,21,25,26);1H/b7-4+;. The van der Waals surface area contributed by atoms with Gasteiger partial charge in [0.1, 0.15) is 6.26 Å². The number of guanidine groups is 2. The lowest BCUT2D eigenvalue weighted by atomic mass is 10.2. The lowest BCUT2D eigenvalue weighted by Crippen LogP contribution is -2.36. The summed E-state index contributed by atoms with van der Waals surface area (Å²) in [7, 11) is 0.